The number of carbonyl (C=O) groups is 1. The molecular formula is C19H20FNO4S. The van der Waals surface area contributed by atoms with E-state index < -0.39 is 15.9 Å². The third-order valence-corrected chi connectivity index (χ3v) is 5.33. The van der Waals surface area contributed by atoms with Crippen molar-refractivity contribution in [3.8, 4) is 5.75 Å². The topological polar surface area (TPSA) is 63.7 Å². The Morgan fingerprint density at radius 3 is 2.46 bits per heavy atom. The molecule has 2 aromatic rings. The Morgan fingerprint density at radius 1 is 1.19 bits per heavy atom. The average Bonchev–Trinajstić information content (AvgIpc) is 3.45. The number of carbonyl (C=O) groups excluding carboxylic acids is 1. The number of halogens is 1. The zero-order valence-electron chi connectivity index (χ0n) is 14.4. The van der Waals surface area contributed by atoms with Crippen molar-refractivity contribution in [3.05, 3.63) is 65.5 Å². The fraction of sp³-hybridized carbons (Fsp3) is 0.316. The highest BCUT2D eigenvalue weighted by atomic mass is 32.2. The second-order valence-corrected chi connectivity index (χ2v) is 8.11. The number of hydrogen-bond acceptors (Lipinski definition) is 4. The Bertz CT molecular complexity index is 892. The van der Waals surface area contributed by atoms with E-state index in [1.54, 1.807) is 35.2 Å². The lowest BCUT2D eigenvalue weighted by atomic mass is 10.1. The number of hydrogen-bond donors (Lipinski definition) is 0. The van der Waals surface area contributed by atoms with Crippen LogP contribution in [0.15, 0.2) is 48.5 Å². The normalized spacial score (nSPS) is 14.1. The van der Waals surface area contributed by atoms with Crippen molar-refractivity contribution in [2.75, 3.05) is 5.75 Å². The molecule has 3 rings (SSSR count). The van der Waals surface area contributed by atoms with Crippen LogP contribution >= 0.6 is 0 Å². The van der Waals surface area contributed by atoms with Crippen molar-refractivity contribution in [1.82, 2.24) is 4.90 Å². The van der Waals surface area contributed by atoms with Gasteiger partial charge in [-0.15, -0.1) is 0 Å². The van der Waals surface area contributed by atoms with E-state index in [1.807, 2.05) is 0 Å². The summed E-state index contributed by atoms with van der Waals surface area (Å²) in [6.07, 6.45) is 1.86. The van der Waals surface area contributed by atoms with Gasteiger partial charge < -0.3 is 9.08 Å². The molecule has 1 fully saturated rings. The lowest BCUT2D eigenvalue weighted by molar-refractivity contribution is 0.0729. The van der Waals surface area contributed by atoms with Crippen LogP contribution in [0.5, 0.6) is 5.75 Å². The summed E-state index contributed by atoms with van der Waals surface area (Å²) in [5, 5.41) is 0. The Kier molecular flexibility index (Phi) is 5.27. The lowest BCUT2D eigenvalue weighted by Crippen LogP contribution is -2.32. The van der Waals surface area contributed by atoms with Crippen LogP contribution in [-0.4, -0.2) is 31.0 Å². The van der Waals surface area contributed by atoms with E-state index >= 15 is 0 Å². The Labute approximate surface area is 152 Å². The van der Waals surface area contributed by atoms with Gasteiger partial charge in [-0.05, 0) is 55.7 Å². The Morgan fingerprint density at radius 2 is 1.88 bits per heavy atom. The van der Waals surface area contributed by atoms with E-state index in [1.165, 1.54) is 25.1 Å². The van der Waals surface area contributed by atoms with Gasteiger partial charge in [0.05, 0.1) is 5.75 Å². The van der Waals surface area contributed by atoms with Crippen molar-refractivity contribution in [2.45, 2.75) is 32.4 Å². The van der Waals surface area contributed by atoms with Crippen LogP contribution < -0.4 is 4.18 Å². The molecule has 0 atom stereocenters. The van der Waals surface area contributed by atoms with Gasteiger partial charge in [-0.1, -0.05) is 18.2 Å². The van der Waals surface area contributed by atoms with Crippen LogP contribution in [0.25, 0.3) is 0 Å². The maximum Gasteiger partial charge on any atom is 0.308 e. The highest BCUT2D eigenvalue weighted by Crippen LogP contribution is 2.30. The zero-order chi connectivity index (χ0) is 18.7. The van der Waals surface area contributed by atoms with Crippen molar-refractivity contribution in [1.29, 1.82) is 0 Å². The summed E-state index contributed by atoms with van der Waals surface area (Å²) < 4.78 is 41.4. The minimum atomic E-state index is -3.57. The standard InChI is InChI=1S/C19H20FNO4S/c1-2-26(23,24)25-18-10-6-14(7-11-18)13-21(17-8-9-17)19(22)15-4-3-5-16(20)12-15/h3-7,10-12,17H,2,8-9,13H2,1H3. The smallest absolute Gasteiger partial charge is 0.308 e. The van der Waals surface area contributed by atoms with Crippen LogP contribution in [0.3, 0.4) is 0 Å². The van der Waals surface area contributed by atoms with Gasteiger partial charge in [-0.25, -0.2) is 4.39 Å². The van der Waals surface area contributed by atoms with Gasteiger partial charge in [0.25, 0.3) is 5.91 Å². The zero-order valence-corrected chi connectivity index (χ0v) is 15.2. The van der Waals surface area contributed by atoms with Gasteiger partial charge in [-0.2, -0.15) is 8.42 Å². The molecule has 0 spiro atoms. The molecule has 1 aliphatic rings. The minimum Gasteiger partial charge on any atom is -0.382 e. The van der Waals surface area contributed by atoms with Crippen LogP contribution in [-0.2, 0) is 16.7 Å². The summed E-state index contributed by atoms with van der Waals surface area (Å²) in [6.45, 7) is 1.88. The molecular weight excluding hydrogens is 357 g/mol. The molecule has 2 aromatic carbocycles. The molecule has 1 aliphatic carbocycles. The largest absolute Gasteiger partial charge is 0.382 e. The second kappa shape index (κ2) is 7.45. The van der Waals surface area contributed by atoms with E-state index in [9.17, 15) is 17.6 Å². The van der Waals surface area contributed by atoms with E-state index in [-0.39, 0.29) is 23.5 Å². The Balaban J connectivity index is 1.73. The van der Waals surface area contributed by atoms with Gasteiger partial charge in [0.2, 0.25) is 0 Å². The van der Waals surface area contributed by atoms with Gasteiger partial charge in [0.15, 0.2) is 0 Å². The summed E-state index contributed by atoms with van der Waals surface area (Å²) in [5.41, 5.74) is 1.17. The van der Waals surface area contributed by atoms with Gasteiger partial charge in [0.1, 0.15) is 11.6 Å². The monoisotopic (exact) mass is 377 g/mol. The number of nitrogens with zero attached hydrogens (tertiary/aromatic N) is 1. The summed E-state index contributed by atoms with van der Waals surface area (Å²) in [6, 6.07) is 12.4. The molecule has 0 unspecified atom stereocenters. The molecule has 7 heteroatoms. The molecule has 0 bridgehead atoms. The van der Waals surface area contributed by atoms with Crippen molar-refractivity contribution >= 4 is 16.0 Å². The maximum atomic E-state index is 13.4. The van der Waals surface area contributed by atoms with E-state index in [4.69, 9.17) is 4.18 Å². The third-order valence-electron chi connectivity index (χ3n) is 4.17. The predicted molar refractivity (Wildman–Crippen MR) is 95.8 cm³/mol. The fourth-order valence-electron chi connectivity index (χ4n) is 2.59. The molecule has 0 radical (unpaired) electrons. The van der Waals surface area contributed by atoms with E-state index in [0.717, 1.165) is 18.4 Å². The lowest BCUT2D eigenvalue weighted by Gasteiger charge is -2.23. The number of benzene rings is 2. The first kappa shape index (κ1) is 18.4. The first-order valence-corrected chi connectivity index (χ1v) is 10.0. The average molecular weight is 377 g/mol. The van der Waals surface area contributed by atoms with E-state index in [0.29, 0.717) is 12.1 Å². The summed E-state index contributed by atoms with van der Waals surface area (Å²) in [5.74, 6) is -0.511. The molecule has 0 heterocycles. The Hall–Kier alpha value is -2.41. The second-order valence-electron chi connectivity index (χ2n) is 6.25. The summed E-state index contributed by atoms with van der Waals surface area (Å²) in [4.78, 5) is 14.5. The SMILES string of the molecule is CCS(=O)(=O)Oc1ccc(CN(C(=O)c2cccc(F)c2)C2CC2)cc1. The fourth-order valence-corrected chi connectivity index (χ4v) is 3.12. The molecule has 1 amide bonds. The first-order valence-electron chi connectivity index (χ1n) is 8.45. The molecule has 26 heavy (non-hydrogen) atoms. The van der Waals surface area contributed by atoms with Crippen LogP contribution in [0.4, 0.5) is 4.39 Å². The van der Waals surface area contributed by atoms with Crippen molar-refractivity contribution in [2.24, 2.45) is 0 Å². The molecule has 138 valence electrons. The molecule has 0 saturated heterocycles. The minimum absolute atomic E-state index is 0.105. The maximum absolute atomic E-state index is 13.4. The van der Waals surface area contributed by atoms with Crippen molar-refractivity contribution < 1.29 is 21.8 Å². The summed E-state index contributed by atoms with van der Waals surface area (Å²) >= 11 is 0. The third kappa shape index (κ3) is 4.60. The van der Waals surface area contributed by atoms with Gasteiger partial charge in [-0.3, -0.25) is 4.79 Å². The highest BCUT2D eigenvalue weighted by Gasteiger charge is 2.33. The molecule has 5 nitrogen and oxygen atoms in total. The first-order chi connectivity index (χ1) is 12.4. The number of amides is 1. The number of rotatable bonds is 7. The van der Waals surface area contributed by atoms with Crippen molar-refractivity contribution in [3.63, 3.8) is 0 Å². The molecule has 1 saturated carbocycles. The molecule has 0 N–H and O–H groups in total. The summed E-state index contributed by atoms with van der Waals surface area (Å²) in [7, 11) is -3.57. The van der Waals surface area contributed by atoms with Gasteiger partial charge in [0, 0.05) is 18.2 Å². The molecule has 0 aliphatic heterocycles. The highest BCUT2D eigenvalue weighted by molar-refractivity contribution is 7.87. The van der Waals surface area contributed by atoms with Crippen LogP contribution in [0.1, 0.15) is 35.7 Å². The van der Waals surface area contributed by atoms with Gasteiger partial charge >= 0.3 is 10.1 Å². The van der Waals surface area contributed by atoms with Crippen LogP contribution in [0.2, 0.25) is 0 Å². The quantitative estimate of drug-likeness (QED) is 0.694. The van der Waals surface area contributed by atoms with E-state index in [2.05, 4.69) is 0 Å². The molecule has 0 aromatic heterocycles. The predicted octanol–water partition coefficient (Wildman–Crippen LogP) is 3.36. The van der Waals surface area contributed by atoms with Crippen LogP contribution in [0, 0.1) is 5.82 Å².